The molecule has 0 aliphatic carbocycles. The first-order chi connectivity index (χ1) is 17.9. The first kappa shape index (κ1) is 26.5. The fraction of sp³-hybridized carbons (Fsp3) is 0.448. The van der Waals surface area contributed by atoms with Gasteiger partial charge in [0.15, 0.2) is 0 Å². The van der Waals surface area contributed by atoms with E-state index in [1.165, 1.54) is 0 Å². The Kier molecular flexibility index (Phi) is 9.06. The molecule has 8 heteroatoms. The van der Waals surface area contributed by atoms with Crippen LogP contribution in [0.3, 0.4) is 0 Å². The zero-order valence-electron chi connectivity index (χ0n) is 21.8. The Hall–Kier alpha value is -3.52. The molecule has 2 heterocycles. The number of nitrogens with zero attached hydrogens (tertiary/aromatic N) is 3. The summed E-state index contributed by atoms with van der Waals surface area (Å²) in [6, 6.07) is 15.3. The van der Waals surface area contributed by atoms with Crippen LogP contribution in [0.15, 0.2) is 53.3 Å². The maximum atomic E-state index is 13.1. The normalized spacial score (nSPS) is 14.9. The number of aromatic nitrogens is 2. The molecule has 0 fully saturated rings. The summed E-state index contributed by atoms with van der Waals surface area (Å²) in [4.78, 5) is 49.7. The van der Waals surface area contributed by atoms with Crippen LogP contribution in [0.4, 0.5) is 5.69 Å². The number of H-pyrrole nitrogens is 1. The summed E-state index contributed by atoms with van der Waals surface area (Å²) in [5.74, 6) is 1.09. The molecule has 4 rings (SSSR count). The highest BCUT2D eigenvalue weighted by Crippen LogP contribution is 2.23. The Labute approximate surface area is 218 Å². The summed E-state index contributed by atoms with van der Waals surface area (Å²) in [5, 5.41) is 4.02. The molecular formula is C29H37N5O3. The standard InChI is InChI=1S/C29H37N5O3/c1-21(2)19-28(36)34-17-8-16-33(18-15-30-20-22-9-3-6-12-25(22)34)27(35)14-7-13-26-31-24-11-5-4-10-23(24)29(37)32-26/h3-6,9-12,21,30H,7-8,13-20H2,1-2H3,(H,31,32,37). The largest absolute Gasteiger partial charge is 0.341 e. The predicted molar refractivity (Wildman–Crippen MR) is 146 cm³/mol. The van der Waals surface area contributed by atoms with E-state index in [1.54, 1.807) is 6.07 Å². The van der Waals surface area contributed by atoms with Crippen molar-refractivity contribution in [1.82, 2.24) is 20.2 Å². The molecule has 2 aromatic carbocycles. The molecule has 1 aliphatic heterocycles. The van der Waals surface area contributed by atoms with Gasteiger partial charge in [-0.25, -0.2) is 4.98 Å². The molecule has 2 N–H and O–H groups in total. The lowest BCUT2D eigenvalue weighted by molar-refractivity contribution is -0.131. The van der Waals surface area contributed by atoms with Crippen LogP contribution in [0.25, 0.3) is 10.9 Å². The van der Waals surface area contributed by atoms with Crippen LogP contribution in [-0.4, -0.2) is 52.9 Å². The van der Waals surface area contributed by atoms with Gasteiger partial charge in [-0.15, -0.1) is 0 Å². The van der Waals surface area contributed by atoms with E-state index >= 15 is 0 Å². The van der Waals surface area contributed by atoms with Crippen molar-refractivity contribution in [1.29, 1.82) is 0 Å². The van der Waals surface area contributed by atoms with Gasteiger partial charge in [0.05, 0.1) is 10.9 Å². The zero-order valence-corrected chi connectivity index (χ0v) is 21.8. The lowest BCUT2D eigenvalue weighted by atomic mass is 10.1. The van der Waals surface area contributed by atoms with Crippen molar-refractivity contribution in [2.75, 3.05) is 31.1 Å². The van der Waals surface area contributed by atoms with Gasteiger partial charge in [-0.2, -0.15) is 0 Å². The van der Waals surface area contributed by atoms with Crippen molar-refractivity contribution in [2.45, 2.75) is 52.5 Å². The highest BCUT2D eigenvalue weighted by molar-refractivity contribution is 5.94. The van der Waals surface area contributed by atoms with Crippen LogP contribution in [0.5, 0.6) is 0 Å². The zero-order chi connectivity index (χ0) is 26.2. The van der Waals surface area contributed by atoms with Crippen LogP contribution in [0.2, 0.25) is 0 Å². The molecule has 2 amide bonds. The Morgan fingerprint density at radius 3 is 2.62 bits per heavy atom. The van der Waals surface area contributed by atoms with Crippen molar-refractivity contribution in [3.8, 4) is 0 Å². The Bertz CT molecular complexity index is 1290. The Morgan fingerprint density at radius 2 is 1.78 bits per heavy atom. The summed E-state index contributed by atoms with van der Waals surface area (Å²) in [6.07, 6.45) is 2.73. The van der Waals surface area contributed by atoms with Crippen LogP contribution in [-0.2, 0) is 22.6 Å². The molecule has 0 saturated heterocycles. The third kappa shape index (κ3) is 7.04. The van der Waals surface area contributed by atoms with Gasteiger partial charge in [-0.3, -0.25) is 14.4 Å². The van der Waals surface area contributed by atoms with Gasteiger partial charge in [-0.1, -0.05) is 44.2 Å². The van der Waals surface area contributed by atoms with Gasteiger partial charge in [-0.05, 0) is 42.5 Å². The number of anilines is 1. The summed E-state index contributed by atoms with van der Waals surface area (Å²) in [5.41, 5.74) is 2.57. The number of hydrogen-bond acceptors (Lipinski definition) is 5. The summed E-state index contributed by atoms with van der Waals surface area (Å²) in [6.45, 7) is 7.23. The van der Waals surface area contributed by atoms with Gasteiger partial charge in [0.2, 0.25) is 11.8 Å². The minimum atomic E-state index is -0.150. The number of amides is 2. The van der Waals surface area contributed by atoms with Gasteiger partial charge in [0.25, 0.3) is 5.56 Å². The minimum absolute atomic E-state index is 0.0850. The number of para-hydroxylation sites is 2. The van der Waals surface area contributed by atoms with E-state index in [2.05, 4.69) is 35.2 Å². The van der Waals surface area contributed by atoms with Crippen LogP contribution < -0.4 is 15.8 Å². The molecule has 0 unspecified atom stereocenters. The maximum Gasteiger partial charge on any atom is 0.258 e. The number of hydrogen-bond donors (Lipinski definition) is 2. The molecule has 0 spiro atoms. The van der Waals surface area contributed by atoms with Crippen molar-refractivity contribution < 1.29 is 9.59 Å². The molecule has 3 aromatic rings. The van der Waals surface area contributed by atoms with E-state index in [4.69, 9.17) is 0 Å². The quantitative estimate of drug-likeness (QED) is 0.535. The van der Waals surface area contributed by atoms with Gasteiger partial charge < -0.3 is 20.1 Å². The van der Waals surface area contributed by atoms with Crippen molar-refractivity contribution in [2.24, 2.45) is 5.92 Å². The number of fused-ring (bicyclic) bond motifs is 2. The third-order valence-electron chi connectivity index (χ3n) is 6.67. The monoisotopic (exact) mass is 503 g/mol. The molecule has 0 bridgehead atoms. The topological polar surface area (TPSA) is 98.4 Å². The molecule has 196 valence electrons. The SMILES string of the molecule is CC(C)CC(=O)N1CCCN(C(=O)CCCc2nc3ccccc3c(=O)[nH]2)CCNCc2ccccc21. The smallest absolute Gasteiger partial charge is 0.258 e. The number of rotatable bonds is 6. The average Bonchev–Trinajstić information content (AvgIpc) is 2.91. The molecule has 37 heavy (non-hydrogen) atoms. The van der Waals surface area contributed by atoms with Crippen LogP contribution >= 0.6 is 0 Å². The Morgan fingerprint density at radius 1 is 1.00 bits per heavy atom. The van der Waals surface area contributed by atoms with Crippen molar-refractivity contribution in [3.05, 3.63) is 70.3 Å². The van der Waals surface area contributed by atoms with E-state index in [9.17, 15) is 14.4 Å². The first-order valence-electron chi connectivity index (χ1n) is 13.3. The first-order valence-corrected chi connectivity index (χ1v) is 13.3. The van der Waals surface area contributed by atoms with E-state index in [1.807, 2.05) is 46.2 Å². The van der Waals surface area contributed by atoms with Crippen molar-refractivity contribution in [3.63, 3.8) is 0 Å². The molecule has 1 aliphatic rings. The molecule has 8 nitrogen and oxygen atoms in total. The minimum Gasteiger partial charge on any atom is -0.341 e. The van der Waals surface area contributed by atoms with Gasteiger partial charge >= 0.3 is 0 Å². The van der Waals surface area contributed by atoms with Crippen LogP contribution in [0, 0.1) is 5.92 Å². The second-order valence-electron chi connectivity index (χ2n) is 10.1. The highest BCUT2D eigenvalue weighted by atomic mass is 16.2. The van der Waals surface area contributed by atoms with Gasteiger partial charge in [0, 0.05) is 57.7 Å². The van der Waals surface area contributed by atoms with Gasteiger partial charge in [0.1, 0.15) is 5.82 Å². The third-order valence-corrected chi connectivity index (χ3v) is 6.67. The molecule has 0 radical (unpaired) electrons. The summed E-state index contributed by atoms with van der Waals surface area (Å²) in [7, 11) is 0. The average molecular weight is 504 g/mol. The highest BCUT2D eigenvalue weighted by Gasteiger charge is 2.21. The lowest BCUT2D eigenvalue weighted by Gasteiger charge is -2.27. The molecule has 0 atom stereocenters. The number of carbonyl (C=O) groups is 2. The van der Waals surface area contributed by atoms with E-state index in [-0.39, 0.29) is 23.3 Å². The molecule has 0 saturated carbocycles. The summed E-state index contributed by atoms with van der Waals surface area (Å²) < 4.78 is 0. The molecule has 1 aromatic heterocycles. The fourth-order valence-electron chi connectivity index (χ4n) is 4.80. The van der Waals surface area contributed by atoms with Crippen molar-refractivity contribution >= 4 is 28.4 Å². The fourth-order valence-corrected chi connectivity index (χ4v) is 4.80. The maximum absolute atomic E-state index is 13.1. The predicted octanol–water partition coefficient (Wildman–Crippen LogP) is 3.65. The number of nitrogens with one attached hydrogen (secondary N) is 2. The number of aromatic amines is 1. The van der Waals surface area contributed by atoms with Crippen LogP contribution in [0.1, 0.15) is 50.9 Å². The van der Waals surface area contributed by atoms with E-state index in [0.29, 0.717) is 81.6 Å². The number of benzene rings is 2. The van der Waals surface area contributed by atoms with E-state index < -0.39 is 0 Å². The number of aryl methyl sites for hydroxylation is 1. The number of carbonyl (C=O) groups excluding carboxylic acids is 2. The summed E-state index contributed by atoms with van der Waals surface area (Å²) >= 11 is 0. The lowest BCUT2D eigenvalue weighted by Crippen LogP contribution is -2.39. The second kappa shape index (κ2) is 12.6. The van der Waals surface area contributed by atoms with E-state index in [0.717, 1.165) is 11.3 Å². The molecular weight excluding hydrogens is 466 g/mol. The second-order valence-corrected chi connectivity index (χ2v) is 10.1. The Balaban J connectivity index is 1.38.